The number of anilines is 1. The number of allylic oxidation sites excluding steroid dienone is 2. The fourth-order valence-electron chi connectivity index (χ4n) is 5.15. The number of fused-ring (bicyclic) bond motifs is 1. The number of ether oxygens (including phenoxy) is 2. The van der Waals surface area contributed by atoms with E-state index in [1.165, 1.54) is 18.4 Å². The summed E-state index contributed by atoms with van der Waals surface area (Å²) in [5, 5.41) is 16.1. The Morgan fingerprint density at radius 2 is 1.86 bits per heavy atom. The van der Waals surface area contributed by atoms with Crippen LogP contribution in [0.4, 0.5) is 5.95 Å². The van der Waals surface area contributed by atoms with Gasteiger partial charge in [0.15, 0.2) is 0 Å². The molecule has 2 aromatic carbocycles. The second-order valence-corrected chi connectivity index (χ2v) is 10.3. The van der Waals surface area contributed by atoms with Crippen LogP contribution in [0.3, 0.4) is 0 Å². The first-order valence-corrected chi connectivity index (χ1v) is 12.0. The zero-order chi connectivity index (χ0) is 24.6. The minimum Gasteiger partial charge on any atom is -0.489 e. The van der Waals surface area contributed by atoms with Crippen molar-refractivity contribution in [1.82, 2.24) is 20.2 Å². The first-order chi connectivity index (χ1) is 16.8. The number of aromatic nitrogens is 4. The van der Waals surface area contributed by atoms with E-state index in [1.54, 1.807) is 12.1 Å². The lowest BCUT2D eigenvalue weighted by Crippen LogP contribution is -2.35. The molecule has 8 nitrogen and oxygen atoms in total. The van der Waals surface area contributed by atoms with Gasteiger partial charge in [0.2, 0.25) is 5.95 Å². The van der Waals surface area contributed by atoms with E-state index in [-0.39, 0.29) is 17.4 Å². The monoisotopic (exact) mass is 473 g/mol. The van der Waals surface area contributed by atoms with Crippen LogP contribution in [0, 0.1) is 11.3 Å². The highest BCUT2D eigenvalue weighted by molar-refractivity contribution is 5.89. The molecule has 1 aromatic heterocycles. The molecule has 0 saturated carbocycles. The van der Waals surface area contributed by atoms with Gasteiger partial charge in [-0.25, -0.2) is 4.79 Å². The fraction of sp³-hybridized carbons (Fsp3) is 0.407. The van der Waals surface area contributed by atoms with Gasteiger partial charge >= 0.3 is 5.97 Å². The lowest BCUT2D eigenvalue weighted by Gasteiger charge is -2.42. The van der Waals surface area contributed by atoms with Gasteiger partial charge in [-0.05, 0) is 76.1 Å². The minimum atomic E-state index is -0.346. The first kappa shape index (κ1) is 23.1. The van der Waals surface area contributed by atoms with Gasteiger partial charge in [0.05, 0.1) is 12.7 Å². The van der Waals surface area contributed by atoms with E-state index in [0.29, 0.717) is 24.0 Å². The predicted molar refractivity (Wildman–Crippen MR) is 132 cm³/mol. The van der Waals surface area contributed by atoms with E-state index in [1.807, 2.05) is 28.9 Å². The third kappa shape index (κ3) is 4.52. The number of nitrogens with one attached hydrogen (secondary N) is 1. The number of carbonyl (C=O) groups excluding carboxylic acids is 1. The topological polar surface area (TPSA) is 91.2 Å². The molecule has 0 amide bonds. The molecule has 0 fully saturated rings. The van der Waals surface area contributed by atoms with Gasteiger partial charge < -0.3 is 14.8 Å². The highest BCUT2D eigenvalue weighted by atomic mass is 16.5. The number of benzene rings is 2. The predicted octanol–water partition coefficient (Wildman–Crippen LogP) is 5.15. The second-order valence-electron chi connectivity index (χ2n) is 10.3. The molecule has 2 heterocycles. The first-order valence-electron chi connectivity index (χ1n) is 12.0. The van der Waals surface area contributed by atoms with Crippen molar-refractivity contribution in [2.45, 2.75) is 52.7 Å². The molecule has 182 valence electrons. The van der Waals surface area contributed by atoms with Crippen LogP contribution in [-0.2, 0) is 11.3 Å². The van der Waals surface area contributed by atoms with Crippen molar-refractivity contribution in [3.05, 3.63) is 76.5 Å². The van der Waals surface area contributed by atoms with Gasteiger partial charge in [0.1, 0.15) is 18.4 Å². The Morgan fingerprint density at radius 1 is 1.11 bits per heavy atom. The van der Waals surface area contributed by atoms with E-state index in [9.17, 15) is 4.79 Å². The molecule has 2 unspecified atom stereocenters. The van der Waals surface area contributed by atoms with Crippen molar-refractivity contribution in [3.8, 4) is 5.75 Å². The van der Waals surface area contributed by atoms with Crippen molar-refractivity contribution in [2.75, 3.05) is 12.4 Å². The number of tetrazole rings is 1. The van der Waals surface area contributed by atoms with Gasteiger partial charge in [-0.3, -0.25) is 0 Å². The van der Waals surface area contributed by atoms with Crippen LogP contribution >= 0.6 is 0 Å². The van der Waals surface area contributed by atoms with E-state index in [0.717, 1.165) is 36.1 Å². The van der Waals surface area contributed by atoms with Gasteiger partial charge in [-0.1, -0.05) is 50.1 Å². The molecule has 0 bridgehead atoms. The molecule has 1 N–H and O–H groups in total. The van der Waals surface area contributed by atoms with E-state index >= 15 is 0 Å². The summed E-state index contributed by atoms with van der Waals surface area (Å²) in [6.45, 7) is 7.32. The third-order valence-electron chi connectivity index (χ3n) is 6.97. The Balaban J connectivity index is 1.36. The van der Waals surface area contributed by atoms with Crippen molar-refractivity contribution in [3.63, 3.8) is 0 Å². The normalized spacial score (nSPS) is 19.4. The molecule has 8 heteroatoms. The maximum Gasteiger partial charge on any atom is 0.337 e. The fourth-order valence-corrected chi connectivity index (χ4v) is 5.15. The summed E-state index contributed by atoms with van der Waals surface area (Å²) < 4.78 is 12.6. The molecule has 1 aliphatic heterocycles. The van der Waals surface area contributed by atoms with Crippen LogP contribution in [-0.4, -0.2) is 33.3 Å². The highest BCUT2D eigenvalue weighted by Gasteiger charge is 2.39. The summed E-state index contributed by atoms with van der Waals surface area (Å²) in [5.74, 6) is 1.57. The van der Waals surface area contributed by atoms with Gasteiger partial charge in [0.25, 0.3) is 0 Å². The SMILES string of the molecule is COC(=O)c1ccc(COc2ccc(C3C4=C(Nc5nnnn53)C(C(C)(C)C)CCC4)cc2)cc1. The maximum absolute atomic E-state index is 11.6. The Kier molecular flexibility index (Phi) is 6.05. The minimum absolute atomic E-state index is 0.0266. The van der Waals surface area contributed by atoms with Crippen LogP contribution in [0.1, 0.15) is 67.6 Å². The van der Waals surface area contributed by atoms with E-state index in [4.69, 9.17) is 9.47 Å². The van der Waals surface area contributed by atoms with Crippen LogP contribution < -0.4 is 10.1 Å². The van der Waals surface area contributed by atoms with Crippen molar-refractivity contribution < 1.29 is 14.3 Å². The molecule has 0 saturated heterocycles. The molecule has 2 aliphatic rings. The smallest absolute Gasteiger partial charge is 0.337 e. The number of methoxy groups -OCH3 is 1. The quantitative estimate of drug-likeness (QED) is 0.512. The highest BCUT2D eigenvalue weighted by Crippen LogP contribution is 2.48. The molecular formula is C27H31N5O3. The van der Waals surface area contributed by atoms with E-state index in [2.05, 4.69) is 53.7 Å². The summed E-state index contributed by atoms with van der Waals surface area (Å²) in [4.78, 5) is 11.6. The lowest BCUT2D eigenvalue weighted by molar-refractivity contribution is 0.0600. The Hall–Kier alpha value is -3.68. The Morgan fingerprint density at radius 3 is 2.54 bits per heavy atom. The largest absolute Gasteiger partial charge is 0.489 e. The van der Waals surface area contributed by atoms with Crippen LogP contribution in [0.25, 0.3) is 0 Å². The summed E-state index contributed by atoms with van der Waals surface area (Å²) in [6, 6.07) is 15.4. The summed E-state index contributed by atoms with van der Waals surface area (Å²) >= 11 is 0. The van der Waals surface area contributed by atoms with Crippen LogP contribution in [0.15, 0.2) is 59.8 Å². The molecule has 35 heavy (non-hydrogen) atoms. The average molecular weight is 474 g/mol. The number of carbonyl (C=O) groups is 1. The third-order valence-corrected chi connectivity index (χ3v) is 6.97. The van der Waals surface area contributed by atoms with E-state index < -0.39 is 0 Å². The second kappa shape index (κ2) is 9.17. The molecular weight excluding hydrogens is 442 g/mol. The van der Waals surface area contributed by atoms with Crippen molar-refractivity contribution in [1.29, 1.82) is 0 Å². The molecule has 1 aliphatic carbocycles. The number of esters is 1. The number of hydrogen-bond acceptors (Lipinski definition) is 7. The molecule has 3 aromatic rings. The summed E-state index contributed by atoms with van der Waals surface area (Å²) in [6.07, 6.45) is 3.35. The van der Waals surface area contributed by atoms with Crippen molar-refractivity contribution in [2.24, 2.45) is 11.3 Å². The van der Waals surface area contributed by atoms with Gasteiger partial charge in [0, 0.05) is 11.6 Å². The molecule has 0 radical (unpaired) electrons. The Bertz CT molecular complexity index is 1240. The Labute approximate surface area is 205 Å². The van der Waals surface area contributed by atoms with Gasteiger partial charge in [-0.2, -0.15) is 4.68 Å². The van der Waals surface area contributed by atoms with Crippen LogP contribution in [0.5, 0.6) is 5.75 Å². The van der Waals surface area contributed by atoms with Crippen molar-refractivity contribution >= 4 is 11.9 Å². The number of hydrogen-bond donors (Lipinski definition) is 1. The lowest BCUT2D eigenvalue weighted by atomic mass is 9.70. The maximum atomic E-state index is 11.6. The number of nitrogens with zero attached hydrogens (tertiary/aromatic N) is 4. The molecule has 0 spiro atoms. The average Bonchev–Trinajstić information content (AvgIpc) is 3.33. The number of rotatable bonds is 5. The molecule has 5 rings (SSSR count). The summed E-state index contributed by atoms with van der Waals surface area (Å²) in [5.41, 5.74) is 5.44. The van der Waals surface area contributed by atoms with Gasteiger partial charge in [-0.15, -0.1) is 0 Å². The standard InChI is InChI=1S/C27H31N5O3/c1-27(2,3)22-7-5-6-21-23(22)28-26-29-30-31-32(26)24(21)18-12-14-20(15-13-18)35-16-17-8-10-19(11-9-17)25(33)34-4/h8-15,22,24H,5-7,16H2,1-4H3,(H,28,29,31). The zero-order valence-corrected chi connectivity index (χ0v) is 20.6. The van der Waals surface area contributed by atoms with Crippen LogP contribution in [0.2, 0.25) is 0 Å². The summed E-state index contributed by atoms with van der Waals surface area (Å²) in [7, 11) is 1.38. The zero-order valence-electron chi connectivity index (χ0n) is 20.6. The molecule has 2 atom stereocenters.